The first-order valence-corrected chi connectivity index (χ1v) is 7.53. The molecule has 4 rings (SSSR count). The lowest BCUT2D eigenvalue weighted by molar-refractivity contribution is 0.402. The molecule has 0 saturated carbocycles. The van der Waals surface area contributed by atoms with Crippen LogP contribution in [0.25, 0.3) is 11.0 Å². The van der Waals surface area contributed by atoms with Gasteiger partial charge in [-0.3, -0.25) is 0 Å². The van der Waals surface area contributed by atoms with Crippen molar-refractivity contribution in [1.82, 2.24) is 20.3 Å². The van der Waals surface area contributed by atoms with Crippen molar-refractivity contribution in [2.45, 2.75) is 19.0 Å². The molecular weight excluding hydrogens is 276 g/mol. The molecule has 1 atom stereocenters. The number of hydrogen-bond donors (Lipinski definition) is 1. The predicted octanol–water partition coefficient (Wildman–Crippen LogP) is 2.33. The first-order chi connectivity index (χ1) is 10.8. The molecular formula is C17H18N4O. The molecule has 0 aliphatic carbocycles. The first kappa shape index (κ1) is 13.3. The Morgan fingerprint density at radius 2 is 2.18 bits per heavy atom. The molecule has 2 aromatic carbocycles. The van der Waals surface area contributed by atoms with Gasteiger partial charge >= 0.3 is 0 Å². The summed E-state index contributed by atoms with van der Waals surface area (Å²) < 4.78 is 7.35. The summed E-state index contributed by atoms with van der Waals surface area (Å²) in [6, 6.07) is 14.6. The first-order valence-electron chi connectivity index (χ1n) is 7.53. The van der Waals surface area contributed by atoms with Crippen LogP contribution >= 0.6 is 0 Å². The molecule has 112 valence electrons. The summed E-state index contributed by atoms with van der Waals surface area (Å²) in [5.74, 6) is 0.899. The van der Waals surface area contributed by atoms with Gasteiger partial charge in [-0.25, -0.2) is 4.68 Å². The maximum atomic E-state index is 5.37. The Bertz CT molecular complexity index is 811. The van der Waals surface area contributed by atoms with Crippen LogP contribution in [0.1, 0.15) is 17.2 Å². The van der Waals surface area contributed by atoms with E-state index in [0.29, 0.717) is 0 Å². The van der Waals surface area contributed by atoms with Crippen molar-refractivity contribution in [2.24, 2.45) is 0 Å². The van der Waals surface area contributed by atoms with Gasteiger partial charge in [0, 0.05) is 0 Å². The third kappa shape index (κ3) is 2.23. The maximum absolute atomic E-state index is 5.37. The van der Waals surface area contributed by atoms with Gasteiger partial charge in [0.25, 0.3) is 0 Å². The number of nitrogens with zero attached hydrogens (tertiary/aromatic N) is 3. The minimum atomic E-state index is 0.226. The van der Waals surface area contributed by atoms with E-state index >= 15 is 0 Å². The van der Waals surface area contributed by atoms with Crippen LogP contribution in [0.4, 0.5) is 0 Å². The topological polar surface area (TPSA) is 52.0 Å². The van der Waals surface area contributed by atoms with Gasteiger partial charge in [0.2, 0.25) is 0 Å². The van der Waals surface area contributed by atoms with E-state index in [1.807, 2.05) is 28.9 Å². The highest BCUT2D eigenvalue weighted by atomic mass is 16.5. The van der Waals surface area contributed by atoms with E-state index in [0.717, 1.165) is 36.3 Å². The Morgan fingerprint density at radius 3 is 3.09 bits per heavy atom. The third-order valence-corrected chi connectivity index (χ3v) is 4.29. The van der Waals surface area contributed by atoms with E-state index in [4.69, 9.17) is 4.74 Å². The van der Waals surface area contributed by atoms with Gasteiger partial charge in [-0.05, 0) is 48.4 Å². The number of ether oxygens (including phenoxy) is 1. The highest BCUT2D eigenvalue weighted by Crippen LogP contribution is 2.28. The summed E-state index contributed by atoms with van der Waals surface area (Å²) in [4.78, 5) is 0. The Balaban J connectivity index is 1.70. The van der Waals surface area contributed by atoms with Crippen molar-refractivity contribution >= 4 is 11.0 Å². The third-order valence-electron chi connectivity index (χ3n) is 4.29. The van der Waals surface area contributed by atoms with Gasteiger partial charge in [0.05, 0.1) is 25.2 Å². The summed E-state index contributed by atoms with van der Waals surface area (Å²) in [7, 11) is 1.71. The Hall–Kier alpha value is -2.40. The van der Waals surface area contributed by atoms with Crippen LogP contribution in [-0.2, 0) is 13.0 Å². The quantitative estimate of drug-likeness (QED) is 0.805. The molecule has 22 heavy (non-hydrogen) atoms. The molecule has 1 aliphatic rings. The number of benzene rings is 2. The van der Waals surface area contributed by atoms with Crippen LogP contribution in [0, 0.1) is 0 Å². The van der Waals surface area contributed by atoms with Crippen molar-refractivity contribution < 1.29 is 4.74 Å². The summed E-state index contributed by atoms with van der Waals surface area (Å²) in [6.07, 6.45) is 1.05. The van der Waals surface area contributed by atoms with Crippen molar-refractivity contribution in [1.29, 1.82) is 0 Å². The summed E-state index contributed by atoms with van der Waals surface area (Å²) in [5.41, 5.74) is 4.68. The lowest BCUT2D eigenvalue weighted by Crippen LogP contribution is -2.33. The molecule has 0 radical (unpaired) electrons. The summed E-state index contributed by atoms with van der Waals surface area (Å²) in [6.45, 7) is 1.75. The summed E-state index contributed by atoms with van der Waals surface area (Å²) >= 11 is 0. The monoisotopic (exact) mass is 294 g/mol. The molecule has 5 nitrogen and oxygen atoms in total. The fraction of sp³-hybridized carbons (Fsp3) is 0.294. The molecule has 1 aromatic heterocycles. The van der Waals surface area contributed by atoms with E-state index in [1.165, 1.54) is 11.1 Å². The highest BCUT2D eigenvalue weighted by molar-refractivity contribution is 5.73. The second-order valence-corrected chi connectivity index (χ2v) is 5.58. The zero-order chi connectivity index (χ0) is 14.9. The van der Waals surface area contributed by atoms with Crippen molar-refractivity contribution in [3.8, 4) is 5.75 Å². The van der Waals surface area contributed by atoms with Gasteiger partial charge in [-0.1, -0.05) is 23.4 Å². The Labute approximate surface area is 128 Å². The van der Waals surface area contributed by atoms with Crippen LogP contribution in [0.2, 0.25) is 0 Å². The lowest BCUT2D eigenvalue weighted by atomic mass is 9.94. The van der Waals surface area contributed by atoms with Gasteiger partial charge in [0.1, 0.15) is 11.3 Å². The number of aromatic nitrogens is 3. The molecule has 0 saturated heterocycles. The molecule has 1 unspecified atom stereocenters. The maximum Gasteiger partial charge on any atom is 0.119 e. The van der Waals surface area contributed by atoms with Crippen molar-refractivity contribution in [2.75, 3.05) is 13.7 Å². The minimum Gasteiger partial charge on any atom is -0.497 e. The molecule has 5 heteroatoms. The molecule has 0 bridgehead atoms. The Kier molecular flexibility index (Phi) is 3.27. The number of rotatable bonds is 3. The molecule has 3 aromatic rings. The fourth-order valence-corrected chi connectivity index (χ4v) is 3.13. The number of nitrogens with one attached hydrogen (secondary N) is 1. The van der Waals surface area contributed by atoms with Crippen LogP contribution in [0.15, 0.2) is 42.5 Å². The number of hydrogen-bond acceptors (Lipinski definition) is 4. The van der Waals surface area contributed by atoms with E-state index < -0.39 is 0 Å². The van der Waals surface area contributed by atoms with Crippen LogP contribution in [0.3, 0.4) is 0 Å². The van der Waals surface area contributed by atoms with E-state index in [-0.39, 0.29) is 6.04 Å². The Morgan fingerprint density at radius 1 is 1.27 bits per heavy atom. The number of para-hydroxylation sites is 1. The van der Waals surface area contributed by atoms with Gasteiger partial charge in [0.15, 0.2) is 0 Å². The highest BCUT2D eigenvalue weighted by Gasteiger charge is 2.21. The van der Waals surface area contributed by atoms with E-state index in [9.17, 15) is 0 Å². The van der Waals surface area contributed by atoms with Crippen LogP contribution < -0.4 is 10.1 Å². The molecule has 2 heterocycles. The smallest absolute Gasteiger partial charge is 0.119 e. The zero-order valence-corrected chi connectivity index (χ0v) is 12.5. The summed E-state index contributed by atoms with van der Waals surface area (Å²) in [5, 5.41) is 12.1. The standard InChI is InChI=1S/C17H18N4O/c1-22-13-7-6-12-8-9-18-16(14(12)10-13)11-21-17-5-3-2-4-15(17)19-20-21/h2-7,10,16,18H,8-9,11H2,1H3. The van der Waals surface area contributed by atoms with Gasteiger partial charge < -0.3 is 10.1 Å². The second kappa shape index (κ2) is 5.42. The average molecular weight is 294 g/mol. The molecule has 1 aliphatic heterocycles. The molecule has 0 fully saturated rings. The van der Waals surface area contributed by atoms with Crippen LogP contribution in [0.5, 0.6) is 5.75 Å². The zero-order valence-electron chi connectivity index (χ0n) is 12.5. The largest absolute Gasteiger partial charge is 0.497 e. The fourth-order valence-electron chi connectivity index (χ4n) is 3.13. The molecule has 0 spiro atoms. The average Bonchev–Trinajstić information content (AvgIpc) is 2.98. The van der Waals surface area contributed by atoms with Crippen molar-refractivity contribution in [3.05, 3.63) is 53.6 Å². The SMILES string of the molecule is COc1ccc2c(c1)C(Cn1nnc3ccccc31)NCC2. The molecule has 1 N–H and O–H groups in total. The van der Waals surface area contributed by atoms with E-state index in [2.05, 4.69) is 33.8 Å². The molecule has 0 amide bonds. The van der Waals surface area contributed by atoms with Gasteiger partial charge in [-0.2, -0.15) is 0 Å². The number of fused-ring (bicyclic) bond motifs is 2. The lowest BCUT2D eigenvalue weighted by Gasteiger charge is -2.27. The van der Waals surface area contributed by atoms with E-state index in [1.54, 1.807) is 7.11 Å². The number of methoxy groups -OCH3 is 1. The minimum absolute atomic E-state index is 0.226. The second-order valence-electron chi connectivity index (χ2n) is 5.58. The van der Waals surface area contributed by atoms with Crippen LogP contribution in [-0.4, -0.2) is 28.6 Å². The predicted molar refractivity (Wildman–Crippen MR) is 85.0 cm³/mol. The van der Waals surface area contributed by atoms with Gasteiger partial charge in [-0.15, -0.1) is 5.10 Å². The normalized spacial score (nSPS) is 17.4. The van der Waals surface area contributed by atoms with Crippen molar-refractivity contribution in [3.63, 3.8) is 0 Å².